The second-order valence-corrected chi connectivity index (χ2v) is 6.55. The Bertz CT molecular complexity index is 846. The van der Waals surface area contributed by atoms with Crippen LogP contribution in [0.2, 0.25) is 0 Å². The first kappa shape index (κ1) is 16.3. The highest BCUT2D eigenvalue weighted by molar-refractivity contribution is 5.88. The first-order valence-electron chi connectivity index (χ1n) is 8.35. The molecule has 1 atom stereocenters. The number of para-hydroxylation sites is 1. The van der Waals surface area contributed by atoms with Crippen molar-refractivity contribution in [3.05, 3.63) is 53.5 Å². The summed E-state index contributed by atoms with van der Waals surface area (Å²) >= 11 is 0. The zero-order chi connectivity index (χ0) is 17.1. The van der Waals surface area contributed by atoms with Gasteiger partial charge in [-0.3, -0.25) is 9.48 Å². The third kappa shape index (κ3) is 3.67. The Morgan fingerprint density at radius 1 is 1.33 bits per heavy atom. The van der Waals surface area contributed by atoms with Gasteiger partial charge in [0.25, 0.3) is 0 Å². The van der Waals surface area contributed by atoms with Crippen LogP contribution in [0.4, 0.5) is 0 Å². The molecule has 1 amide bonds. The zero-order valence-electron chi connectivity index (χ0n) is 14.5. The fourth-order valence-corrected chi connectivity index (χ4v) is 3.02. The number of carbonyl (C=O) groups is 1. The third-order valence-corrected chi connectivity index (χ3v) is 4.26. The molecule has 0 spiro atoms. The lowest BCUT2D eigenvalue weighted by atomic mass is 10.1. The van der Waals surface area contributed by atoms with E-state index >= 15 is 0 Å². The van der Waals surface area contributed by atoms with E-state index in [-0.39, 0.29) is 5.91 Å². The van der Waals surface area contributed by atoms with Crippen LogP contribution in [-0.2, 0) is 17.8 Å². The Kier molecular flexibility index (Phi) is 4.69. The summed E-state index contributed by atoms with van der Waals surface area (Å²) in [4.78, 5) is 15.4. The number of hydrogen-bond acceptors (Lipinski definition) is 2. The lowest BCUT2D eigenvalue weighted by Crippen LogP contribution is -2.31. The summed E-state index contributed by atoms with van der Waals surface area (Å²) in [6.45, 7) is 7.65. The second kappa shape index (κ2) is 6.91. The van der Waals surface area contributed by atoms with E-state index in [9.17, 15) is 4.79 Å². The van der Waals surface area contributed by atoms with E-state index in [0.717, 1.165) is 34.4 Å². The molecule has 3 aromatic rings. The van der Waals surface area contributed by atoms with E-state index in [1.54, 1.807) is 0 Å². The standard InChI is InChI=1S/C19H24N4O/c1-13(12-23-15(3)8-14(2)22-23)10-21-19(24)9-16-11-20-18-7-5-4-6-17(16)18/h4-8,11,13,20H,9-10,12H2,1-3H3,(H,21,24). The number of nitrogens with one attached hydrogen (secondary N) is 2. The summed E-state index contributed by atoms with van der Waals surface area (Å²) in [5, 5.41) is 8.62. The van der Waals surface area contributed by atoms with Gasteiger partial charge in [0.1, 0.15) is 0 Å². The SMILES string of the molecule is Cc1cc(C)n(CC(C)CNC(=O)Cc2c[nH]c3ccccc23)n1. The molecule has 0 saturated heterocycles. The summed E-state index contributed by atoms with van der Waals surface area (Å²) in [7, 11) is 0. The number of rotatable bonds is 6. The normalized spacial score (nSPS) is 12.5. The third-order valence-electron chi connectivity index (χ3n) is 4.26. The van der Waals surface area contributed by atoms with Gasteiger partial charge in [-0.05, 0) is 37.5 Å². The van der Waals surface area contributed by atoms with Gasteiger partial charge >= 0.3 is 0 Å². The Hall–Kier alpha value is -2.56. The predicted molar refractivity (Wildman–Crippen MR) is 95.9 cm³/mol. The number of aromatic nitrogens is 3. The molecule has 0 radical (unpaired) electrons. The largest absolute Gasteiger partial charge is 0.361 e. The molecule has 3 rings (SSSR count). The van der Waals surface area contributed by atoms with Gasteiger partial charge in [-0.15, -0.1) is 0 Å². The van der Waals surface area contributed by atoms with Crippen molar-refractivity contribution in [3.63, 3.8) is 0 Å². The molecule has 0 aliphatic carbocycles. The van der Waals surface area contributed by atoms with Gasteiger partial charge in [0.05, 0.1) is 12.1 Å². The maximum atomic E-state index is 12.2. The average molecular weight is 324 g/mol. The number of benzene rings is 1. The predicted octanol–water partition coefficient (Wildman–Crippen LogP) is 2.98. The minimum atomic E-state index is 0.0555. The van der Waals surface area contributed by atoms with Crippen LogP contribution >= 0.6 is 0 Å². The fourth-order valence-electron chi connectivity index (χ4n) is 3.02. The Labute approximate surface area is 142 Å². The van der Waals surface area contributed by atoms with Crippen molar-refractivity contribution in [1.82, 2.24) is 20.1 Å². The zero-order valence-corrected chi connectivity index (χ0v) is 14.5. The molecule has 2 aromatic heterocycles. The van der Waals surface area contributed by atoms with Crippen LogP contribution in [-0.4, -0.2) is 27.2 Å². The molecule has 2 heterocycles. The summed E-state index contributed by atoms with van der Waals surface area (Å²) in [6, 6.07) is 10.1. The van der Waals surface area contributed by atoms with Crippen LogP contribution in [0, 0.1) is 19.8 Å². The summed E-state index contributed by atoms with van der Waals surface area (Å²) in [5.74, 6) is 0.384. The highest BCUT2D eigenvalue weighted by Crippen LogP contribution is 2.18. The molecule has 24 heavy (non-hydrogen) atoms. The monoisotopic (exact) mass is 324 g/mol. The number of fused-ring (bicyclic) bond motifs is 1. The van der Waals surface area contributed by atoms with Crippen molar-refractivity contribution in [2.45, 2.75) is 33.7 Å². The molecular formula is C19H24N4O. The van der Waals surface area contributed by atoms with Crippen molar-refractivity contribution in [1.29, 1.82) is 0 Å². The summed E-state index contributed by atoms with van der Waals surface area (Å²) in [6.07, 6.45) is 2.32. The first-order chi connectivity index (χ1) is 11.5. The summed E-state index contributed by atoms with van der Waals surface area (Å²) in [5.41, 5.74) is 4.29. The van der Waals surface area contributed by atoms with Crippen molar-refractivity contribution in [3.8, 4) is 0 Å². The van der Waals surface area contributed by atoms with Crippen LogP contribution in [0.15, 0.2) is 36.5 Å². The molecule has 0 aliphatic heterocycles. The smallest absolute Gasteiger partial charge is 0.224 e. The molecule has 1 unspecified atom stereocenters. The molecule has 0 saturated carbocycles. The summed E-state index contributed by atoms with van der Waals surface area (Å²) < 4.78 is 2.01. The van der Waals surface area contributed by atoms with Gasteiger partial charge in [-0.1, -0.05) is 25.1 Å². The molecular weight excluding hydrogens is 300 g/mol. The molecule has 1 aromatic carbocycles. The molecule has 5 nitrogen and oxygen atoms in total. The van der Waals surface area contributed by atoms with Crippen molar-refractivity contribution >= 4 is 16.8 Å². The van der Waals surface area contributed by atoms with Gasteiger partial charge in [0, 0.05) is 35.9 Å². The first-order valence-corrected chi connectivity index (χ1v) is 8.35. The quantitative estimate of drug-likeness (QED) is 0.732. The Morgan fingerprint density at radius 2 is 2.12 bits per heavy atom. The van der Waals surface area contributed by atoms with Gasteiger partial charge in [0.2, 0.25) is 5.91 Å². The molecule has 5 heteroatoms. The highest BCUT2D eigenvalue weighted by atomic mass is 16.1. The van der Waals surface area contributed by atoms with E-state index in [2.05, 4.69) is 35.3 Å². The molecule has 2 N–H and O–H groups in total. The maximum absolute atomic E-state index is 12.2. The molecule has 126 valence electrons. The minimum Gasteiger partial charge on any atom is -0.361 e. The topological polar surface area (TPSA) is 62.7 Å². The van der Waals surface area contributed by atoms with Crippen molar-refractivity contribution in [2.24, 2.45) is 5.92 Å². The van der Waals surface area contributed by atoms with E-state index in [0.29, 0.717) is 18.9 Å². The Balaban J connectivity index is 1.53. The van der Waals surface area contributed by atoms with Gasteiger partial charge in [-0.2, -0.15) is 5.10 Å². The van der Waals surface area contributed by atoms with Gasteiger partial charge in [0.15, 0.2) is 0 Å². The number of aryl methyl sites for hydroxylation is 2. The number of hydrogen-bond donors (Lipinski definition) is 2. The number of aromatic amines is 1. The van der Waals surface area contributed by atoms with Crippen LogP contribution in [0.25, 0.3) is 10.9 Å². The van der Waals surface area contributed by atoms with Crippen LogP contribution in [0.3, 0.4) is 0 Å². The van der Waals surface area contributed by atoms with Crippen molar-refractivity contribution in [2.75, 3.05) is 6.54 Å². The van der Waals surface area contributed by atoms with E-state index in [4.69, 9.17) is 0 Å². The number of nitrogens with zero attached hydrogens (tertiary/aromatic N) is 2. The van der Waals surface area contributed by atoms with Crippen molar-refractivity contribution < 1.29 is 4.79 Å². The number of amides is 1. The Morgan fingerprint density at radius 3 is 2.88 bits per heavy atom. The fraction of sp³-hybridized carbons (Fsp3) is 0.368. The van der Waals surface area contributed by atoms with E-state index < -0.39 is 0 Å². The molecule has 0 fully saturated rings. The van der Waals surface area contributed by atoms with Gasteiger partial charge in [-0.25, -0.2) is 0 Å². The highest BCUT2D eigenvalue weighted by Gasteiger charge is 2.11. The van der Waals surface area contributed by atoms with Crippen LogP contribution in [0.1, 0.15) is 23.9 Å². The number of H-pyrrole nitrogens is 1. The minimum absolute atomic E-state index is 0.0555. The van der Waals surface area contributed by atoms with Crippen LogP contribution < -0.4 is 5.32 Å². The van der Waals surface area contributed by atoms with Gasteiger partial charge < -0.3 is 10.3 Å². The number of carbonyl (C=O) groups excluding carboxylic acids is 1. The van der Waals surface area contributed by atoms with E-state index in [1.807, 2.05) is 42.1 Å². The lowest BCUT2D eigenvalue weighted by molar-refractivity contribution is -0.120. The average Bonchev–Trinajstić information content (AvgIpc) is 3.09. The lowest BCUT2D eigenvalue weighted by Gasteiger charge is -2.14. The maximum Gasteiger partial charge on any atom is 0.224 e. The molecule has 0 aliphatic rings. The van der Waals surface area contributed by atoms with Crippen LogP contribution in [0.5, 0.6) is 0 Å². The molecule has 0 bridgehead atoms. The van der Waals surface area contributed by atoms with E-state index in [1.165, 1.54) is 0 Å². The second-order valence-electron chi connectivity index (χ2n) is 6.55.